The quantitative estimate of drug-likeness (QED) is 0.784. The molecule has 17 heavy (non-hydrogen) atoms. The van der Waals surface area contributed by atoms with E-state index in [4.69, 9.17) is 16.3 Å². The highest BCUT2D eigenvalue weighted by Crippen LogP contribution is 2.17. The van der Waals surface area contributed by atoms with Crippen LogP contribution < -0.4 is 10.2 Å². The van der Waals surface area contributed by atoms with Gasteiger partial charge in [-0.1, -0.05) is 11.6 Å². The highest BCUT2D eigenvalue weighted by Gasteiger charge is 2.18. The lowest BCUT2D eigenvalue weighted by Gasteiger charge is -2.27. The molecule has 0 atom stereocenters. The fourth-order valence-corrected chi connectivity index (χ4v) is 1.84. The summed E-state index contributed by atoms with van der Waals surface area (Å²) in [6.07, 6.45) is 0. The van der Waals surface area contributed by atoms with Crippen molar-refractivity contribution in [3.05, 3.63) is 17.0 Å². The minimum Gasteiger partial charge on any atom is -0.377 e. The van der Waals surface area contributed by atoms with Crippen LogP contribution in [0.4, 0.5) is 5.82 Å². The average Bonchev–Trinajstić information content (AvgIpc) is 2.28. The number of aromatic nitrogens is 2. The van der Waals surface area contributed by atoms with Crippen LogP contribution in [0.15, 0.2) is 6.07 Å². The summed E-state index contributed by atoms with van der Waals surface area (Å²) in [5.74, 6) is 1.16. The van der Waals surface area contributed by atoms with Gasteiger partial charge in [0.05, 0.1) is 6.54 Å². The van der Waals surface area contributed by atoms with Crippen molar-refractivity contribution in [1.29, 1.82) is 0 Å². The Morgan fingerprint density at radius 3 is 3.12 bits per heavy atom. The van der Waals surface area contributed by atoms with Gasteiger partial charge in [-0.25, -0.2) is 9.97 Å². The Morgan fingerprint density at radius 1 is 1.59 bits per heavy atom. The number of hydrogen-bond donors (Lipinski definition) is 1. The minimum absolute atomic E-state index is 0.0146. The third-order valence-electron chi connectivity index (χ3n) is 2.36. The van der Waals surface area contributed by atoms with E-state index in [-0.39, 0.29) is 5.91 Å². The number of piperazine rings is 1. The van der Waals surface area contributed by atoms with Crippen molar-refractivity contribution in [2.75, 3.05) is 31.6 Å². The topological polar surface area (TPSA) is 67.3 Å². The molecular weight excluding hydrogens is 244 g/mol. The predicted molar refractivity (Wildman–Crippen MR) is 63.0 cm³/mol. The van der Waals surface area contributed by atoms with E-state index < -0.39 is 0 Å². The summed E-state index contributed by atoms with van der Waals surface area (Å²) in [5.41, 5.74) is 0. The van der Waals surface area contributed by atoms with Crippen LogP contribution in [0.3, 0.4) is 0 Å². The summed E-state index contributed by atoms with van der Waals surface area (Å²) in [7, 11) is 1.57. The zero-order chi connectivity index (χ0) is 12.3. The molecule has 1 N–H and O–H groups in total. The van der Waals surface area contributed by atoms with Gasteiger partial charge in [0.25, 0.3) is 0 Å². The first-order chi connectivity index (χ1) is 8.19. The molecule has 1 amide bonds. The molecule has 2 rings (SSSR count). The molecule has 0 spiro atoms. The molecule has 0 aliphatic carbocycles. The van der Waals surface area contributed by atoms with E-state index in [0.29, 0.717) is 43.0 Å². The second kappa shape index (κ2) is 5.29. The van der Waals surface area contributed by atoms with Gasteiger partial charge in [0.15, 0.2) is 5.82 Å². The first-order valence-electron chi connectivity index (χ1n) is 5.23. The van der Waals surface area contributed by atoms with Crippen molar-refractivity contribution in [2.24, 2.45) is 0 Å². The summed E-state index contributed by atoms with van der Waals surface area (Å²) in [4.78, 5) is 21.5. The lowest BCUT2D eigenvalue weighted by atomic mass is 10.3. The fourth-order valence-electron chi connectivity index (χ4n) is 1.64. The van der Waals surface area contributed by atoms with E-state index in [1.54, 1.807) is 13.2 Å². The second-order valence-electron chi connectivity index (χ2n) is 3.67. The number of ether oxygens (including phenoxy) is 1. The lowest BCUT2D eigenvalue weighted by Crippen LogP contribution is -2.48. The van der Waals surface area contributed by atoms with Gasteiger partial charge in [0.1, 0.15) is 17.6 Å². The summed E-state index contributed by atoms with van der Waals surface area (Å²) in [5, 5.41) is 3.11. The maximum atomic E-state index is 11.3. The Labute approximate surface area is 104 Å². The highest BCUT2D eigenvalue weighted by atomic mass is 35.5. The van der Waals surface area contributed by atoms with Crippen molar-refractivity contribution in [3.8, 4) is 0 Å². The van der Waals surface area contributed by atoms with Crippen molar-refractivity contribution >= 4 is 23.3 Å². The molecule has 0 radical (unpaired) electrons. The molecule has 2 heterocycles. The van der Waals surface area contributed by atoms with Gasteiger partial charge >= 0.3 is 0 Å². The number of anilines is 1. The average molecular weight is 257 g/mol. The predicted octanol–water partition coefficient (Wildman–Crippen LogP) is 0.213. The molecule has 0 aromatic carbocycles. The summed E-state index contributed by atoms with van der Waals surface area (Å²) < 4.78 is 4.96. The van der Waals surface area contributed by atoms with Gasteiger partial charge in [-0.15, -0.1) is 0 Å². The van der Waals surface area contributed by atoms with E-state index in [9.17, 15) is 4.79 Å². The van der Waals surface area contributed by atoms with Gasteiger partial charge in [0, 0.05) is 26.3 Å². The van der Waals surface area contributed by atoms with Crippen LogP contribution >= 0.6 is 11.6 Å². The standard InChI is InChI=1S/C10H13ClN4O2/c1-17-6-8-13-7(11)4-9(14-8)15-3-2-12-10(16)5-15/h4H,2-3,5-6H2,1H3,(H,12,16). The molecular formula is C10H13ClN4O2. The Bertz CT molecular complexity index is 427. The molecule has 6 nitrogen and oxygen atoms in total. The summed E-state index contributed by atoms with van der Waals surface area (Å²) >= 11 is 5.91. The third-order valence-corrected chi connectivity index (χ3v) is 2.56. The number of methoxy groups -OCH3 is 1. The summed E-state index contributed by atoms with van der Waals surface area (Å²) in [6.45, 7) is 1.92. The van der Waals surface area contributed by atoms with Gasteiger partial charge in [-0.2, -0.15) is 0 Å². The maximum absolute atomic E-state index is 11.3. The van der Waals surface area contributed by atoms with Crippen LogP contribution in [-0.2, 0) is 16.1 Å². The molecule has 1 aromatic rings. The van der Waals surface area contributed by atoms with Gasteiger partial charge in [0.2, 0.25) is 5.91 Å². The molecule has 1 fully saturated rings. The smallest absolute Gasteiger partial charge is 0.239 e. The molecule has 7 heteroatoms. The third kappa shape index (κ3) is 3.04. The van der Waals surface area contributed by atoms with Gasteiger partial charge < -0.3 is 15.0 Å². The fraction of sp³-hybridized carbons (Fsp3) is 0.500. The Balaban J connectivity index is 2.21. The van der Waals surface area contributed by atoms with Crippen molar-refractivity contribution in [3.63, 3.8) is 0 Å². The normalized spacial score (nSPS) is 15.9. The number of rotatable bonds is 3. The molecule has 0 saturated carbocycles. The van der Waals surface area contributed by atoms with E-state index in [2.05, 4.69) is 15.3 Å². The first-order valence-corrected chi connectivity index (χ1v) is 5.61. The number of amides is 1. The van der Waals surface area contributed by atoms with Gasteiger partial charge in [-0.05, 0) is 0 Å². The largest absolute Gasteiger partial charge is 0.377 e. The highest BCUT2D eigenvalue weighted by molar-refractivity contribution is 6.29. The minimum atomic E-state index is -0.0146. The zero-order valence-electron chi connectivity index (χ0n) is 9.44. The number of hydrogen-bond acceptors (Lipinski definition) is 5. The van der Waals surface area contributed by atoms with Crippen LogP contribution in [0.5, 0.6) is 0 Å². The van der Waals surface area contributed by atoms with Crippen LogP contribution in [0.2, 0.25) is 5.15 Å². The zero-order valence-corrected chi connectivity index (χ0v) is 10.2. The number of nitrogens with zero attached hydrogens (tertiary/aromatic N) is 3. The van der Waals surface area contributed by atoms with E-state index in [0.717, 1.165) is 0 Å². The number of carbonyl (C=O) groups excluding carboxylic acids is 1. The number of carbonyl (C=O) groups is 1. The van der Waals surface area contributed by atoms with Crippen LogP contribution in [-0.4, -0.2) is 42.6 Å². The first kappa shape index (κ1) is 12.1. The summed E-state index contributed by atoms with van der Waals surface area (Å²) in [6, 6.07) is 1.65. The Kier molecular flexibility index (Phi) is 3.75. The van der Waals surface area contributed by atoms with Crippen LogP contribution in [0.25, 0.3) is 0 Å². The molecule has 0 bridgehead atoms. The maximum Gasteiger partial charge on any atom is 0.239 e. The molecule has 1 aromatic heterocycles. The van der Waals surface area contributed by atoms with Crippen molar-refractivity contribution < 1.29 is 9.53 Å². The molecule has 0 unspecified atom stereocenters. The molecule has 92 valence electrons. The van der Waals surface area contributed by atoms with Gasteiger partial charge in [-0.3, -0.25) is 4.79 Å². The molecule has 1 saturated heterocycles. The molecule has 1 aliphatic rings. The van der Waals surface area contributed by atoms with E-state index in [1.807, 2.05) is 4.90 Å². The SMILES string of the molecule is COCc1nc(Cl)cc(N2CCNC(=O)C2)n1. The van der Waals surface area contributed by atoms with Crippen molar-refractivity contribution in [2.45, 2.75) is 6.61 Å². The van der Waals surface area contributed by atoms with Crippen LogP contribution in [0, 0.1) is 0 Å². The molecule has 1 aliphatic heterocycles. The lowest BCUT2D eigenvalue weighted by molar-refractivity contribution is -0.120. The van der Waals surface area contributed by atoms with E-state index in [1.165, 1.54) is 0 Å². The van der Waals surface area contributed by atoms with E-state index >= 15 is 0 Å². The van der Waals surface area contributed by atoms with Crippen LogP contribution in [0.1, 0.15) is 5.82 Å². The monoisotopic (exact) mass is 256 g/mol. The van der Waals surface area contributed by atoms with Crippen molar-refractivity contribution in [1.82, 2.24) is 15.3 Å². The number of nitrogens with one attached hydrogen (secondary N) is 1. The second-order valence-corrected chi connectivity index (χ2v) is 4.06. The Hall–Kier alpha value is -1.40. The number of halogens is 1. The Morgan fingerprint density at radius 2 is 2.41 bits per heavy atom.